The monoisotopic (exact) mass is 620 g/mol. The third-order valence-corrected chi connectivity index (χ3v) is 9.29. The minimum absolute atomic E-state index is 0.602. The van der Waals surface area contributed by atoms with Gasteiger partial charge in [-0.15, -0.1) is 11.3 Å². The standard InChI is InChI=1S/C40H24N6S/c1-3-11-25(12-4-1)38-44-39(26-13-5-2-6-14-26)46-40(45-38)28-21-19-27(20-22-28)37-42-31-17-9-7-15-29(31)35(43-37)32-23-24-34-36(41-32)30-16-8-10-18-33(30)47-34/h1-24H. The van der Waals surface area contributed by atoms with Gasteiger partial charge in [-0.05, 0) is 24.3 Å². The first-order valence-corrected chi connectivity index (χ1v) is 16.1. The Morgan fingerprint density at radius 3 is 1.49 bits per heavy atom. The van der Waals surface area contributed by atoms with E-state index in [1.807, 2.05) is 103 Å². The molecule has 0 fully saturated rings. The minimum atomic E-state index is 0.602. The molecule has 0 amide bonds. The summed E-state index contributed by atoms with van der Waals surface area (Å²) in [5, 5.41) is 2.12. The van der Waals surface area contributed by atoms with Crippen LogP contribution in [0.5, 0.6) is 0 Å². The topological polar surface area (TPSA) is 77.3 Å². The second-order valence-corrected chi connectivity index (χ2v) is 12.3. The summed E-state index contributed by atoms with van der Waals surface area (Å²) >= 11 is 1.76. The zero-order valence-electron chi connectivity index (χ0n) is 24.9. The lowest BCUT2D eigenvalue weighted by Gasteiger charge is -2.10. The van der Waals surface area contributed by atoms with Crippen molar-refractivity contribution in [2.24, 2.45) is 0 Å². The zero-order valence-corrected chi connectivity index (χ0v) is 25.8. The van der Waals surface area contributed by atoms with E-state index >= 15 is 0 Å². The van der Waals surface area contributed by atoms with E-state index in [4.69, 9.17) is 29.9 Å². The average molecular weight is 621 g/mol. The highest BCUT2D eigenvalue weighted by Gasteiger charge is 2.16. The SMILES string of the molecule is c1ccc(-c2nc(-c3ccccc3)nc(-c3ccc(-c4nc(-c5ccc6sc7ccccc7c6n5)c5ccccc5n4)cc3)n2)cc1. The van der Waals surface area contributed by atoms with Gasteiger partial charge in [0.2, 0.25) is 0 Å². The predicted octanol–water partition coefficient (Wildman–Crippen LogP) is 9.91. The van der Waals surface area contributed by atoms with E-state index in [0.29, 0.717) is 23.3 Å². The second kappa shape index (κ2) is 11.3. The molecule has 0 aliphatic carbocycles. The zero-order chi connectivity index (χ0) is 31.2. The number of pyridine rings is 1. The van der Waals surface area contributed by atoms with Crippen LogP contribution in [0.3, 0.4) is 0 Å². The van der Waals surface area contributed by atoms with E-state index in [1.54, 1.807) is 11.3 Å². The van der Waals surface area contributed by atoms with Crippen molar-refractivity contribution >= 4 is 42.5 Å². The number of aromatic nitrogens is 6. The van der Waals surface area contributed by atoms with Crippen LogP contribution in [0.15, 0.2) is 146 Å². The molecule has 7 heteroatoms. The van der Waals surface area contributed by atoms with Crippen molar-refractivity contribution in [1.29, 1.82) is 0 Å². The van der Waals surface area contributed by atoms with Gasteiger partial charge in [-0.2, -0.15) is 0 Å². The van der Waals surface area contributed by atoms with Crippen LogP contribution in [-0.2, 0) is 0 Å². The summed E-state index contributed by atoms with van der Waals surface area (Å²) in [6.07, 6.45) is 0. The summed E-state index contributed by atoms with van der Waals surface area (Å²) in [5.41, 5.74) is 7.14. The van der Waals surface area contributed by atoms with Crippen LogP contribution in [0, 0.1) is 0 Å². The van der Waals surface area contributed by atoms with E-state index in [9.17, 15) is 0 Å². The lowest BCUT2D eigenvalue weighted by molar-refractivity contribution is 1.07. The molecule has 0 aliphatic rings. The molecule has 0 bridgehead atoms. The maximum Gasteiger partial charge on any atom is 0.164 e. The Balaban J connectivity index is 1.14. The summed E-state index contributed by atoms with van der Waals surface area (Å²) < 4.78 is 2.39. The number of hydrogen-bond acceptors (Lipinski definition) is 7. The van der Waals surface area contributed by atoms with Crippen LogP contribution in [0.1, 0.15) is 0 Å². The third-order valence-electron chi connectivity index (χ3n) is 8.17. The highest BCUT2D eigenvalue weighted by molar-refractivity contribution is 7.25. The maximum atomic E-state index is 5.14. The van der Waals surface area contributed by atoms with Crippen LogP contribution >= 0.6 is 11.3 Å². The largest absolute Gasteiger partial charge is 0.245 e. The molecule has 0 N–H and O–H groups in total. The predicted molar refractivity (Wildman–Crippen MR) is 191 cm³/mol. The van der Waals surface area contributed by atoms with Crippen LogP contribution in [0.25, 0.3) is 88.1 Å². The molecule has 47 heavy (non-hydrogen) atoms. The van der Waals surface area contributed by atoms with Gasteiger partial charge in [-0.3, -0.25) is 0 Å². The number of thiophene rings is 1. The molecule has 0 atom stereocenters. The first-order chi connectivity index (χ1) is 23.3. The Bertz CT molecular complexity index is 2510. The molecular formula is C40H24N6S. The van der Waals surface area contributed by atoms with Crippen molar-refractivity contribution in [1.82, 2.24) is 29.9 Å². The van der Waals surface area contributed by atoms with Gasteiger partial charge in [0.15, 0.2) is 23.3 Å². The van der Waals surface area contributed by atoms with Crippen molar-refractivity contribution in [3.63, 3.8) is 0 Å². The molecule has 220 valence electrons. The molecule has 9 aromatic rings. The van der Waals surface area contributed by atoms with E-state index in [2.05, 4.69) is 42.5 Å². The first kappa shape index (κ1) is 27.2. The molecule has 0 unspecified atom stereocenters. The van der Waals surface area contributed by atoms with E-state index in [-0.39, 0.29) is 0 Å². The van der Waals surface area contributed by atoms with Gasteiger partial charge in [-0.1, -0.05) is 121 Å². The molecule has 0 radical (unpaired) electrons. The lowest BCUT2D eigenvalue weighted by Crippen LogP contribution is -2.00. The molecule has 4 aromatic heterocycles. The third kappa shape index (κ3) is 4.99. The molecular weight excluding hydrogens is 597 g/mol. The Labute approximate surface area is 274 Å². The van der Waals surface area contributed by atoms with Crippen molar-refractivity contribution in [2.45, 2.75) is 0 Å². The number of nitrogens with zero attached hydrogens (tertiary/aromatic N) is 6. The number of rotatable bonds is 5. The lowest BCUT2D eigenvalue weighted by atomic mass is 10.1. The van der Waals surface area contributed by atoms with Gasteiger partial charge < -0.3 is 0 Å². The number of fused-ring (bicyclic) bond motifs is 4. The summed E-state index contributed by atoms with van der Waals surface area (Å²) in [7, 11) is 0. The minimum Gasteiger partial charge on any atom is -0.245 e. The average Bonchev–Trinajstić information content (AvgIpc) is 3.53. The quantitative estimate of drug-likeness (QED) is 0.191. The Morgan fingerprint density at radius 2 is 0.851 bits per heavy atom. The highest BCUT2D eigenvalue weighted by atomic mass is 32.1. The molecule has 0 saturated heterocycles. The normalized spacial score (nSPS) is 11.4. The molecule has 5 aromatic carbocycles. The summed E-state index contributed by atoms with van der Waals surface area (Å²) in [6.45, 7) is 0. The van der Waals surface area contributed by atoms with Crippen molar-refractivity contribution in [3.8, 4) is 56.9 Å². The molecule has 0 saturated carbocycles. The van der Waals surface area contributed by atoms with Crippen molar-refractivity contribution in [3.05, 3.63) is 146 Å². The summed E-state index contributed by atoms with van der Waals surface area (Å²) in [6, 6.07) is 48.8. The van der Waals surface area contributed by atoms with E-state index in [1.165, 1.54) is 4.70 Å². The summed E-state index contributed by atoms with van der Waals surface area (Å²) in [4.78, 5) is 29.8. The van der Waals surface area contributed by atoms with Crippen LogP contribution in [-0.4, -0.2) is 29.9 Å². The first-order valence-electron chi connectivity index (χ1n) is 15.3. The van der Waals surface area contributed by atoms with Crippen molar-refractivity contribution < 1.29 is 0 Å². The fraction of sp³-hybridized carbons (Fsp3) is 0. The molecule has 0 aliphatic heterocycles. The van der Waals surface area contributed by atoms with Gasteiger partial charge in [0.05, 0.1) is 21.4 Å². The van der Waals surface area contributed by atoms with Gasteiger partial charge in [0.1, 0.15) is 5.69 Å². The van der Waals surface area contributed by atoms with Gasteiger partial charge in [-0.25, -0.2) is 29.9 Å². The van der Waals surface area contributed by atoms with Crippen molar-refractivity contribution in [2.75, 3.05) is 0 Å². The highest BCUT2D eigenvalue weighted by Crippen LogP contribution is 2.36. The van der Waals surface area contributed by atoms with Gasteiger partial charge in [0, 0.05) is 37.7 Å². The van der Waals surface area contributed by atoms with Gasteiger partial charge in [0.25, 0.3) is 0 Å². The number of hydrogen-bond donors (Lipinski definition) is 0. The van der Waals surface area contributed by atoms with Crippen LogP contribution in [0.2, 0.25) is 0 Å². The van der Waals surface area contributed by atoms with Crippen LogP contribution in [0.4, 0.5) is 0 Å². The molecule has 6 nitrogen and oxygen atoms in total. The molecule has 4 heterocycles. The Kier molecular flexibility index (Phi) is 6.54. The van der Waals surface area contributed by atoms with E-state index < -0.39 is 0 Å². The van der Waals surface area contributed by atoms with Crippen LogP contribution < -0.4 is 0 Å². The number of benzene rings is 5. The van der Waals surface area contributed by atoms with E-state index in [0.717, 1.165) is 60.1 Å². The fourth-order valence-electron chi connectivity index (χ4n) is 5.83. The Morgan fingerprint density at radius 1 is 0.340 bits per heavy atom. The molecule has 9 rings (SSSR count). The van der Waals surface area contributed by atoms with Gasteiger partial charge >= 0.3 is 0 Å². The summed E-state index contributed by atoms with van der Waals surface area (Å²) in [5.74, 6) is 2.49. The number of para-hydroxylation sites is 1. The maximum absolute atomic E-state index is 5.14. The Hall–Kier alpha value is -6.18. The smallest absolute Gasteiger partial charge is 0.164 e. The molecule has 0 spiro atoms. The second-order valence-electron chi connectivity index (χ2n) is 11.2. The fourth-order valence-corrected chi connectivity index (χ4v) is 6.88.